The summed E-state index contributed by atoms with van der Waals surface area (Å²) >= 11 is 1.73. The number of carbonyl (C=O) groups is 1. The molecule has 2 amide bonds. The number of hydrogen-bond acceptors (Lipinski definition) is 4. The van der Waals surface area contributed by atoms with Gasteiger partial charge in [0.1, 0.15) is 0 Å². The molecule has 118 valence electrons. The lowest BCUT2D eigenvalue weighted by molar-refractivity contribution is 0.157. The molecule has 5 nitrogen and oxygen atoms in total. The number of aromatic nitrogens is 1. The first-order valence-electron chi connectivity index (χ1n) is 7.61. The molecule has 1 unspecified atom stereocenters. The molecule has 1 aliphatic rings. The van der Waals surface area contributed by atoms with Crippen LogP contribution in [0.25, 0.3) is 10.2 Å². The standard InChI is InChI=1S/C16H22N4OS/c1-18(2)16(21)19(3)12-7-6-10-20(11-12)15-17-13-8-4-5-9-14(13)22-15/h4-5,8-9,12H,6-7,10-11H2,1-3H3. The molecule has 1 aromatic heterocycles. The Morgan fingerprint density at radius 3 is 2.82 bits per heavy atom. The van der Waals surface area contributed by atoms with Crippen molar-refractivity contribution in [1.82, 2.24) is 14.8 Å². The van der Waals surface area contributed by atoms with Crippen LogP contribution in [-0.2, 0) is 0 Å². The fourth-order valence-corrected chi connectivity index (χ4v) is 3.91. The Hall–Kier alpha value is -1.82. The average Bonchev–Trinajstić information content (AvgIpc) is 2.97. The fraction of sp³-hybridized carbons (Fsp3) is 0.500. The zero-order valence-corrected chi connectivity index (χ0v) is 14.1. The molecule has 0 bridgehead atoms. The molecule has 0 radical (unpaired) electrons. The molecular weight excluding hydrogens is 296 g/mol. The molecule has 1 fully saturated rings. The van der Waals surface area contributed by atoms with Crippen molar-refractivity contribution >= 4 is 32.7 Å². The second kappa shape index (κ2) is 6.12. The van der Waals surface area contributed by atoms with Crippen LogP contribution in [0.15, 0.2) is 24.3 Å². The Morgan fingerprint density at radius 1 is 1.32 bits per heavy atom. The normalized spacial score (nSPS) is 18.5. The van der Waals surface area contributed by atoms with Crippen LogP contribution < -0.4 is 4.90 Å². The Kier molecular flexibility index (Phi) is 4.20. The highest BCUT2D eigenvalue weighted by atomic mass is 32.1. The molecule has 0 spiro atoms. The zero-order valence-electron chi connectivity index (χ0n) is 13.3. The maximum atomic E-state index is 12.1. The van der Waals surface area contributed by atoms with E-state index < -0.39 is 0 Å². The van der Waals surface area contributed by atoms with E-state index in [0.29, 0.717) is 0 Å². The van der Waals surface area contributed by atoms with Crippen LogP contribution in [0.1, 0.15) is 12.8 Å². The summed E-state index contributed by atoms with van der Waals surface area (Å²) in [7, 11) is 5.49. The molecule has 1 aliphatic heterocycles. The molecule has 3 rings (SSSR count). The number of anilines is 1. The van der Waals surface area contributed by atoms with E-state index in [1.165, 1.54) is 4.70 Å². The van der Waals surface area contributed by atoms with E-state index in [4.69, 9.17) is 4.98 Å². The van der Waals surface area contributed by atoms with E-state index in [1.54, 1.807) is 30.3 Å². The van der Waals surface area contributed by atoms with Gasteiger partial charge in [-0.3, -0.25) is 0 Å². The minimum Gasteiger partial charge on any atom is -0.346 e. The third-order valence-electron chi connectivity index (χ3n) is 4.18. The number of piperidine rings is 1. The van der Waals surface area contributed by atoms with Crippen LogP contribution in [0.5, 0.6) is 0 Å². The summed E-state index contributed by atoms with van der Waals surface area (Å²) in [5, 5.41) is 1.07. The van der Waals surface area contributed by atoms with Gasteiger partial charge in [-0.1, -0.05) is 23.5 Å². The van der Waals surface area contributed by atoms with Crippen LogP contribution >= 0.6 is 11.3 Å². The minimum absolute atomic E-state index is 0.0659. The monoisotopic (exact) mass is 318 g/mol. The maximum absolute atomic E-state index is 12.1. The van der Waals surface area contributed by atoms with Crippen molar-refractivity contribution in [3.05, 3.63) is 24.3 Å². The first-order chi connectivity index (χ1) is 10.6. The maximum Gasteiger partial charge on any atom is 0.319 e. The number of benzene rings is 1. The smallest absolute Gasteiger partial charge is 0.319 e. The van der Waals surface area contributed by atoms with Crippen molar-refractivity contribution in [1.29, 1.82) is 0 Å². The summed E-state index contributed by atoms with van der Waals surface area (Å²) < 4.78 is 1.22. The van der Waals surface area contributed by atoms with Gasteiger partial charge in [0.05, 0.1) is 16.3 Å². The second-order valence-corrected chi connectivity index (χ2v) is 7.00. The number of rotatable bonds is 2. The molecule has 0 N–H and O–H groups in total. The molecule has 2 heterocycles. The predicted molar refractivity (Wildman–Crippen MR) is 91.7 cm³/mol. The topological polar surface area (TPSA) is 39.7 Å². The highest BCUT2D eigenvalue weighted by molar-refractivity contribution is 7.22. The lowest BCUT2D eigenvalue weighted by Crippen LogP contribution is -2.51. The number of hydrogen-bond donors (Lipinski definition) is 0. The number of thiazole rings is 1. The first-order valence-corrected chi connectivity index (χ1v) is 8.42. The zero-order chi connectivity index (χ0) is 15.7. The van der Waals surface area contributed by atoms with Gasteiger partial charge in [0.15, 0.2) is 5.13 Å². The van der Waals surface area contributed by atoms with Crippen LogP contribution in [0.3, 0.4) is 0 Å². The van der Waals surface area contributed by atoms with Gasteiger partial charge in [0.25, 0.3) is 0 Å². The van der Waals surface area contributed by atoms with Gasteiger partial charge in [-0.15, -0.1) is 0 Å². The van der Waals surface area contributed by atoms with Crippen LogP contribution in [-0.4, -0.2) is 61.1 Å². The van der Waals surface area contributed by atoms with Gasteiger partial charge in [0, 0.05) is 34.2 Å². The molecule has 6 heteroatoms. The number of likely N-dealkylation sites (N-methyl/N-ethyl adjacent to an activating group) is 1. The Bertz CT molecular complexity index is 636. The van der Waals surface area contributed by atoms with E-state index in [0.717, 1.165) is 36.6 Å². The number of carbonyl (C=O) groups excluding carboxylic acids is 1. The lowest BCUT2D eigenvalue weighted by atomic mass is 10.1. The van der Waals surface area contributed by atoms with Crippen LogP contribution in [0, 0.1) is 0 Å². The molecule has 22 heavy (non-hydrogen) atoms. The molecule has 1 saturated heterocycles. The van der Waals surface area contributed by atoms with Gasteiger partial charge in [-0.2, -0.15) is 0 Å². The summed E-state index contributed by atoms with van der Waals surface area (Å²) in [6.07, 6.45) is 2.14. The number of amides is 2. The van der Waals surface area contributed by atoms with Crippen LogP contribution in [0.2, 0.25) is 0 Å². The summed E-state index contributed by atoms with van der Waals surface area (Å²) in [5.41, 5.74) is 1.06. The third-order valence-corrected chi connectivity index (χ3v) is 5.28. The summed E-state index contributed by atoms with van der Waals surface area (Å²) in [4.78, 5) is 22.7. The van der Waals surface area contributed by atoms with Gasteiger partial charge in [-0.25, -0.2) is 9.78 Å². The fourth-order valence-electron chi connectivity index (χ4n) is 2.91. The summed E-state index contributed by atoms with van der Waals surface area (Å²) in [6, 6.07) is 8.55. The first kappa shape index (κ1) is 15.1. The minimum atomic E-state index is 0.0659. The number of para-hydroxylation sites is 1. The van der Waals surface area contributed by atoms with Gasteiger partial charge in [0.2, 0.25) is 0 Å². The quantitative estimate of drug-likeness (QED) is 0.855. The van der Waals surface area contributed by atoms with Crippen molar-refractivity contribution in [2.24, 2.45) is 0 Å². The van der Waals surface area contributed by atoms with Crippen LogP contribution in [0.4, 0.5) is 9.93 Å². The number of fused-ring (bicyclic) bond motifs is 1. The molecule has 0 saturated carbocycles. The predicted octanol–water partition coefficient (Wildman–Crippen LogP) is 2.88. The highest BCUT2D eigenvalue weighted by Gasteiger charge is 2.28. The Morgan fingerprint density at radius 2 is 2.09 bits per heavy atom. The van der Waals surface area contributed by atoms with E-state index in [1.807, 2.05) is 24.1 Å². The molecule has 1 atom stereocenters. The van der Waals surface area contributed by atoms with Gasteiger partial charge < -0.3 is 14.7 Å². The molecule has 1 aromatic carbocycles. The van der Waals surface area contributed by atoms with Crippen molar-refractivity contribution in [3.8, 4) is 0 Å². The van der Waals surface area contributed by atoms with E-state index in [9.17, 15) is 4.79 Å². The number of urea groups is 1. The third kappa shape index (κ3) is 2.88. The SMILES string of the molecule is CN(C)C(=O)N(C)C1CCCN(c2nc3ccccc3s2)C1. The lowest BCUT2D eigenvalue weighted by Gasteiger charge is -2.38. The average molecular weight is 318 g/mol. The molecular formula is C16H22N4OS. The van der Waals surface area contributed by atoms with Gasteiger partial charge in [-0.05, 0) is 25.0 Å². The summed E-state index contributed by atoms with van der Waals surface area (Å²) in [6.45, 7) is 1.87. The summed E-state index contributed by atoms with van der Waals surface area (Å²) in [5.74, 6) is 0. The molecule has 0 aliphatic carbocycles. The van der Waals surface area contributed by atoms with E-state index in [-0.39, 0.29) is 12.1 Å². The van der Waals surface area contributed by atoms with Crippen molar-refractivity contribution in [3.63, 3.8) is 0 Å². The second-order valence-electron chi connectivity index (χ2n) is 5.99. The Labute approximate surface area is 135 Å². The van der Waals surface area contributed by atoms with Crippen molar-refractivity contribution in [2.75, 3.05) is 39.1 Å². The van der Waals surface area contributed by atoms with E-state index >= 15 is 0 Å². The molecule has 2 aromatic rings. The Balaban J connectivity index is 1.76. The largest absolute Gasteiger partial charge is 0.346 e. The van der Waals surface area contributed by atoms with Crippen molar-refractivity contribution < 1.29 is 4.79 Å². The number of nitrogens with zero attached hydrogens (tertiary/aromatic N) is 4. The van der Waals surface area contributed by atoms with Crippen molar-refractivity contribution in [2.45, 2.75) is 18.9 Å². The highest BCUT2D eigenvalue weighted by Crippen LogP contribution is 2.31. The van der Waals surface area contributed by atoms with E-state index in [2.05, 4.69) is 17.0 Å². The van der Waals surface area contributed by atoms with Gasteiger partial charge >= 0.3 is 6.03 Å².